The fraction of sp³-hybridized carbons (Fsp3) is 0.273. The number of aromatic nitrogens is 1. The maximum absolute atomic E-state index is 13.0. The molecule has 2 amide bonds. The Labute approximate surface area is 163 Å². The van der Waals surface area contributed by atoms with Gasteiger partial charge in [0.25, 0.3) is 5.91 Å². The molecule has 0 fully saturated rings. The molecule has 0 spiro atoms. The van der Waals surface area contributed by atoms with Gasteiger partial charge in [0.05, 0.1) is 0 Å². The molecule has 0 saturated carbocycles. The fourth-order valence-electron chi connectivity index (χ4n) is 3.13. The van der Waals surface area contributed by atoms with Gasteiger partial charge in [-0.3, -0.25) is 9.59 Å². The van der Waals surface area contributed by atoms with Crippen LogP contribution in [0, 0.1) is 11.7 Å². The van der Waals surface area contributed by atoms with Crippen LogP contribution in [0.2, 0.25) is 0 Å². The summed E-state index contributed by atoms with van der Waals surface area (Å²) in [5.74, 6) is -1.12. The van der Waals surface area contributed by atoms with E-state index in [1.54, 1.807) is 0 Å². The molecule has 2 aromatic carbocycles. The first-order valence-corrected chi connectivity index (χ1v) is 9.35. The van der Waals surface area contributed by atoms with Crippen molar-refractivity contribution in [2.45, 2.75) is 26.3 Å². The van der Waals surface area contributed by atoms with Crippen molar-refractivity contribution in [1.29, 1.82) is 0 Å². The van der Waals surface area contributed by atoms with Gasteiger partial charge in [0.1, 0.15) is 11.9 Å². The number of hydrogen-bond donors (Lipinski definition) is 3. The highest BCUT2D eigenvalue weighted by molar-refractivity contribution is 5.97. The van der Waals surface area contributed by atoms with Crippen molar-refractivity contribution >= 4 is 22.7 Å². The van der Waals surface area contributed by atoms with Crippen molar-refractivity contribution in [3.63, 3.8) is 0 Å². The molecule has 28 heavy (non-hydrogen) atoms. The largest absolute Gasteiger partial charge is 0.361 e. The zero-order valence-corrected chi connectivity index (χ0v) is 16.0. The Balaban J connectivity index is 1.58. The summed E-state index contributed by atoms with van der Waals surface area (Å²) in [5.41, 5.74) is 2.52. The third kappa shape index (κ3) is 4.57. The summed E-state index contributed by atoms with van der Waals surface area (Å²) >= 11 is 0. The van der Waals surface area contributed by atoms with Gasteiger partial charge in [-0.1, -0.05) is 32.0 Å². The zero-order valence-electron chi connectivity index (χ0n) is 16.0. The number of amides is 2. The Morgan fingerprint density at radius 1 is 1.07 bits per heavy atom. The minimum Gasteiger partial charge on any atom is -0.361 e. The average molecular weight is 381 g/mol. The lowest BCUT2D eigenvalue weighted by molar-refractivity contribution is -0.123. The van der Waals surface area contributed by atoms with Crippen LogP contribution in [0.25, 0.3) is 10.9 Å². The van der Waals surface area contributed by atoms with Gasteiger partial charge in [-0.05, 0) is 48.2 Å². The van der Waals surface area contributed by atoms with Crippen molar-refractivity contribution in [1.82, 2.24) is 15.6 Å². The van der Waals surface area contributed by atoms with E-state index in [-0.39, 0.29) is 11.8 Å². The first-order valence-electron chi connectivity index (χ1n) is 9.35. The van der Waals surface area contributed by atoms with Gasteiger partial charge in [0.15, 0.2) is 0 Å². The summed E-state index contributed by atoms with van der Waals surface area (Å²) in [5, 5.41) is 6.79. The standard InChI is InChI=1S/C22H24FN3O2/c1-14(2)20(26-21(27)15-7-9-17(23)10-8-15)22(28)24-12-11-16-13-25-19-6-4-3-5-18(16)19/h3-10,13-14,20,25H,11-12H2,1-2H3,(H,24,28)(H,26,27)/t20-/m0/s1. The minimum absolute atomic E-state index is 0.0857. The number of benzene rings is 2. The Kier molecular flexibility index (Phi) is 6.09. The topological polar surface area (TPSA) is 74.0 Å². The second kappa shape index (κ2) is 8.69. The average Bonchev–Trinajstić information content (AvgIpc) is 3.09. The molecule has 0 unspecified atom stereocenters. The molecule has 3 rings (SSSR count). The lowest BCUT2D eigenvalue weighted by Crippen LogP contribution is -2.50. The molecule has 0 bridgehead atoms. The van der Waals surface area contributed by atoms with E-state index >= 15 is 0 Å². The highest BCUT2D eigenvalue weighted by Gasteiger charge is 2.24. The fourth-order valence-corrected chi connectivity index (χ4v) is 3.13. The van der Waals surface area contributed by atoms with Gasteiger partial charge in [0, 0.05) is 29.2 Å². The molecule has 1 atom stereocenters. The number of carbonyl (C=O) groups is 2. The molecule has 1 heterocycles. The first-order chi connectivity index (χ1) is 13.5. The van der Waals surface area contributed by atoms with E-state index in [9.17, 15) is 14.0 Å². The van der Waals surface area contributed by atoms with Crippen molar-refractivity contribution < 1.29 is 14.0 Å². The van der Waals surface area contributed by atoms with Gasteiger partial charge in [-0.25, -0.2) is 4.39 Å². The van der Waals surface area contributed by atoms with E-state index in [0.29, 0.717) is 18.5 Å². The molecule has 3 aromatic rings. The smallest absolute Gasteiger partial charge is 0.251 e. The Hall–Kier alpha value is -3.15. The van der Waals surface area contributed by atoms with E-state index in [4.69, 9.17) is 0 Å². The van der Waals surface area contributed by atoms with Crippen LogP contribution in [-0.2, 0) is 11.2 Å². The lowest BCUT2D eigenvalue weighted by atomic mass is 10.0. The minimum atomic E-state index is -0.666. The molecule has 0 aliphatic carbocycles. The van der Waals surface area contributed by atoms with Gasteiger partial charge >= 0.3 is 0 Å². The number of H-pyrrole nitrogens is 1. The zero-order chi connectivity index (χ0) is 20.1. The molecule has 0 saturated heterocycles. The lowest BCUT2D eigenvalue weighted by Gasteiger charge is -2.21. The number of carbonyl (C=O) groups excluding carboxylic acids is 2. The number of aromatic amines is 1. The van der Waals surface area contributed by atoms with Crippen LogP contribution in [0.15, 0.2) is 54.7 Å². The Morgan fingerprint density at radius 2 is 1.79 bits per heavy atom. The van der Waals surface area contributed by atoms with Crippen molar-refractivity contribution in [3.8, 4) is 0 Å². The number of para-hydroxylation sites is 1. The van der Waals surface area contributed by atoms with Crippen LogP contribution in [-0.4, -0.2) is 29.4 Å². The summed E-state index contributed by atoms with van der Waals surface area (Å²) in [6.07, 6.45) is 2.64. The van der Waals surface area contributed by atoms with Crippen molar-refractivity contribution in [2.24, 2.45) is 5.92 Å². The summed E-state index contributed by atoms with van der Waals surface area (Å²) in [6, 6.07) is 12.6. The molecular formula is C22H24FN3O2. The quantitative estimate of drug-likeness (QED) is 0.587. The predicted octanol–water partition coefficient (Wildman–Crippen LogP) is 3.42. The molecule has 0 aliphatic rings. The first kappa shape index (κ1) is 19.6. The highest BCUT2D eigenvalue weighted by Crippen LogP contribution is 2.17. The predicted molar refractivity (Wildman–Crippen MR) is 108 cm³/mol. The number of nitrogens with one attached hydrogen (secondary N) is 3. The van der Waals surface area contributed by atoms with Crippen molar-refractivity contribution in [2.75, 3.05) is 6.54 Å². The number of halogens is 1. The summed E-state index contributed by atoms with van der Waals surface area (Å²) in [4.78, 5) is 28.2. The van der Waals surface area contributed by atoms with E-state index in [2.05, 4.69) is 15.6 Å². The third-order valence-corrected chi connectivity index (χ3v) is 4.71. The van der Waals surface area contributed by atoms with Crippen LogP contribution >= 0.6 is 0 Å². The van der Waals surface area contributed by atoms with Crippen LogP contribution in [0.1, 0.15) is 29.8 Å². The summed E-state index contributed by atoms with van der Waals surface area (Å²) in [6.45, 7) is 4.21. The Bertz CT molecular complexity index is 963. The molecule has 0 radical (unpaired) electrons. The number of hydrogen-bond acceptors (Lipinski definition) is 2. The molecular weight excluding hydrogens is 357 g/mol. The normalized spacial score (nSPS) is 12.1. The number of rotatable bonds is 7. The second-order valence-electron chi connectivity index (χ2n) is 7.10. The molecule has 0 aliphatic heterocycles. The van der Waals surface area contributed by atoms with E-state index in [1.165, 1.54) is 24.3 Å². The van der Waals surface area contributed by atoms with Crippen LogP contribution < -0.4 is 10.6 Å². The van der Waals surface area contributed by atoms with Gasteiger partial charge in [0.2, 0.25) is 5.91 Å². The number of fused-ring (bicyclic) bond motifs is 1. The van der Waals surface area contributed by atoms with Crippen molar-refractivity contribution in [3.05, 3.63) is 71.7 Å². The molecule has 3 N–H and O–H groups in total. The van der Waals surface area contributed by atoms with Crippen LogP contribution in [0.5, 0.6) is 0 Å². The third-order valence-electron chi connectivity index (χ3n) is 4.71. The SMILES string of the molecule is CC(C)[C@H](NC(=O)c1ccc(F)cc1)C(=O)NCCc1c[nH]c2ccccc12. The van der Waals surface area contributed by atoms with Crippen LogP contribution in [0.3, 0.4) is 0 Å². The molecule has 1 aromatic heterocycles. The monoisotopic (exact) mass is 381 g/mol. The van der Waals surface area contributed by atoms with E-state index in [1.807, 2.05) is 44.3 Å². The summed E-state index contributed by atoms with van der Waals surface area (Å²) < 4.78 is 13.0. The molecule has 5 nitrogen and oxygen atoms in total. The summed E-state index contributed by atoms with van der Waals surface area (Å²) in [7, 11) is 0. The van der Waals surface area contributed by atoms with Gasteiger partial charge in [-0.2, -0.15) is 0 Å². The molecule has 146 valence electrons. The second-order valence-corrected chi connectivity index (χ2v) is 7.10. The Morgan fingerprint density at radius 3 is 2.50 bits per heavy atom. The molecule has 6 heteroatoms. The maximum atomic E-state index is 13.0. The van der Waals surface area contributed by atoms with Crippen LogP contribution in [0.4, 0.5) is 4.39 Å². The van der Waals surface area contributed by atoms with E-state index < -0.39 is 17.8 Å². The van der Waals surface area contributed by atoms with E-state index in [0.717, 1.165) is 16.5 Å². The highest BCUT2D eigenvalue weighted by atomic mass is 19.1. The maximum Gasteiger partial charge on any atom is 0.251 e. The van der Waals surface area contributed by atoms with Gasteiger partial charge in [-0.15, -0.1) is 0 Å². The van der Waals surface area contributed by atoms with Gasteiger partial charge < -0.3 is 15.6 Å².